The number of Topliss-reactive ketones (excluding diaryl/α,β-unsaturated/α-hetero) is 1. The van der Waals surface area contributed by atoms with E-state index in [1.165, 1.54) is 13.0 Å². The fraction of sp³-hybridized carbons (Fsp3) is 0.133. The summed E-state index contributed by atoms with van der Waals surface area (Å²) >= 11 is 5.96. The molecule has 2 aromatic carbocycles. The summed E-state index contributed by atoms with van der Waals surface area (Å²) in [6.45, 7) is 1.56. The number of hydrogen-bond acceptors (Lipinski definition) is 2. The SMILES string of the molecule is CC(=O)c1ccc(OCc2ccccc2F)cc1Cl. The molecule has 0 bridgehead atoms. The van der Waals surface area contributed by atoms with Crippen molar-refractivity contribution < 1.29 is 13.9 Å². The summed E-state index contributed by atoms with van der Waals surface area (Å²) < 4.78 is 18.8. The van der Waals surface area contributed by atoms with Gasteiger partial charge in [-0.3, -0.25) is 4.79 Å². The van der Waals surface area contributed by atoms with Gasteiger partial charge in [0, 0.05) is 11.1 Å². The van der Waals surface area contributed by atoms with Crippen LogP contribution in [0, 0.1) is 5.82 Å². The van der Waals surface area contributed by atoms with E-state index in [9.17, 15) is 9.18 Å². The Morgan fingerprint density at radius 2 is 2.00 bits per heavy atom. The predicted molar refractivity (Wildman–Crippen MR) is 72.2 cm³/mol. The van der Waals surface area contributed by atoms with E-state index in [0.717, 1.165) is 0 Å². The summed E-state index contributed by atoms with van der Waals surface area (Å²) in [5.41, 5.74) is 0.911. The Hall–Kier alpha value is -1.87. The molecule has 0 aliphatic carbocycles. The van der Waals surface area contributed by atoms with Crippen molar-refractivity contribution in [1.29, 1.82) is 0 Å². The third-order valence-electron chi connectivity index (χ3n) is 2.67. The average Bonchev–Trinajstić information content (AvgIpc) is 2.37. The van der Waals surface area contributed by atoms with E-state index in [1.807, 2.05) is 0 Å². The lowest BCUT2D eigenvalue weighted by molar-refractivity contribution is 0.101. The topological polar surface area (TPSA) is 26.3 Å². The number of carbonyl (C=O) groups is 1. The zero-order chi connectivity index (χ0) is 13.8. The molecule has 0 aliphatic rings. The monoisotopic (exact) mass is 278 g/mol. The predicted octanol–water partition coefficient (Wildman–Crippen LogP) is 4.26. The van der Waals surface area contributed by atoms with Crippen LogP contribution in [0.3, 0.4) is 0 Å². The molecule has 0 saturated carbocycles. The number of halogens is 2. The largest absolute Gasteiger partial charge is 0.489 e. The molecule has 2 rings (SSSR count). The van der Waals surface area contributed by atoms with Crippen LogP contribution in [-0.4, -0.2) is 5.78 Å². The van der Waals surface area contributed by atoms with E-state index in [2.05, 4.69) is 0 Å². The highest BCUT2D eigenvalue weighted by Crippen LogP contribution is 2.23. The number of carbonyl (C=O) groups excluding carboxylic acids is 1. The van der Waals surface area contributed by atoms with E-state index in [0.29, 0.717) is 21.9 Å². The lowest BCUT2D eigenvalue weighted by atomic mass is 10.1. The number of ether oxygens (including phenoxy) is 1. The molecule has 0 N–H and O–H groups in total. The van der Waals surface area contributed by atoms with Crippen LogP contribution < -0.4 is 4.74 Å². The molecule has 0 saturated heterocycles. The van der Waals surface area contributed by atoms with E-state index in [-0.39, 0.29) is 18.2 Å². The van der Waals surface area contributed by atoms with Gasteiger partial charge in [-0.1, -0.05) is 29.8 Å². The molecular formula is C15H12ClFO2. The van der Waals surface area contributed by atoms with Gasteiger partial charge < -0.3 is 4.74 Å². The molecule has 2 nitrogen and oxygen atoms in total. The summed E-state index contributed by atoms with van der Waals surface area (Å²) in [6.07, 6.45) is 0. The van der Waals surface area contributed by atoms with Crippen molar-refractivity contribution >= 4 is 17.4 Å². The Bertz CT molecular complexity index is 611. The van der Waals surface area contributed by atoms with Crippen molar-refractivity contribution in [3.05, 3.63) is 64.4 Å². The molecule has 98 valence electrons. The van der Waals surface area contributed by atoms with Crippen LogP contribution in [0.15, 0.2) is 42.5 Å². The van der Waals surface area contributed by atoms with Gasteiger partial charge in [0.1, 0.15) is 18.2 Å². The molecule has 0 fully saturated rings. The normalized spacial score (nSPS) is 10.3. The lowest BCUT2D eigenvalue weighted by Crippen LogP contribution is -1.99. The van der Waals surface area contributed by atoms with Crippen LogP contribution in [0.25, 0.3) is 0 Å². The molecule has 0 atom stereocenters. The second kappa shape index (κ2) is 5.85. The average molecular weight is 279 g/mol. The van der Waals surface area contributed by atoms with Crippen molar-refractivity contribution in [2.75, 3.05) is 0 Å². The van der Waals surface area contributed by atoms with Gasteiger partial charge in [0.15, 0.2) is 5.78 Å². The fourth-order valence-corrected chi connectivity index (χ4v) is 1.95. The molecule has 0 heterocycles. The van der Waals surface area contributed by atoms with E-state index in [1.54, 1.807) is 36.4 Å². The lowest BCUT2D eigenvalue weighted by Gasteiger charge is -2.08. The summed E-state index contributed by atoms with van der Waals surface area (Å²) in [5.74, 6) is 0.0814. The van der Waals surface area contributed by atoms with Gasteiger partial charge >= 0.3 is 0 Å². The van der Waals surface area contributed by atoms with Crippen molar-refractivity contribution in [2.24, 2.45) is 0 Å². The second-order valence-corrected chi connectivity index (χ2v) is 4.49. The zero-order valence-corrected chi connectivity index (χ0v) is 11.1. The molecule has 0 aromatic heterocycles. The Morgan fingerprint density at radius 3 is 2.63 bits per heavy atom. The Kier molecular flexibility index (Phi) is 4.17. The highest BCUT2D eigenvalue weighted by atomic mass is 35.5. The standard InChI is InChI=1S/C15H12ClFO2/c1-10(18)13-7-6-12(8-14(13)16)19-9-11-4-2-3-5-15(11)17/h2-8H,9H2,1H3. The number of benzene rings is 2. The molecule has 0 aliphatic heterocycles. The van der Waals surface area contributed by atoms with Gasteiger partial charge in [0.05, 0.1) is 5.02 Å². The fourth-order valence-electron chi connectivity index (χ4n) is 1.65. The number of rotatable bonds is 4. The minimum Gasteiger partial charge on any atom is -0.489 e. The minimum atomic E-state index is -0.311. The third kappa shape index (κ3) is 3.32. The summed E-state index contributed by atoms with van der Waals surface area (Å²) in [6, 6.07) is 11.2. The Labute approximate surface area is 115 Å². The first kappa shape index (κ1) is 13.6. The van der Waals surface area contributed by atoms with Crippen molar-refractivity contribution in [3.63, 3.8) is 0 Å². The molecule has 0 spiro atoms. The zero-order valence-electron chi connectivity index (χ0n) is 10.3. The van der Waals surface area contributed by atoms with Crippen molar-refractivity contribution in [2.45, 2.75) is 13.5 Å². The first-order valence-corrected chi connectivity index (χ1v) is 6.12. The molecule has 0 amide bonds. The van der Waals surface area contributed by atoms with Crippen LogP contribution in [0.1, 0.15) is 22.8 Å². The van der Waals surface area contributed by atoms with Gasteiger partial charge in [0.2, 0.25) is 0 Å². The number of ketones is 1. The quantitative estimate of drug-likeness (QED) is 0.781. The maximum Gasteiger partial charge on any atom is 0.161 e. The Morgan fingerprint density at radius 1 is 1.26 bits per heavy atom. The molecule has 2 aromatic rings. The van der Waals surface area contributed by atoms with Crippen LogP contribution >= 0.6 is 11.6 Å². The van der Waals surface area contributed by atoms with Gasteiger partial charge in [0.25, 0.3) is 0 Å². The van der Waals surface area contributed by atoms with Crippen molar-refractivity contribution in [3.8, 4) is 5.75 Å². The molecule has 19 heavy (non-hydrogen) atoms. The molecule has 4 heteroatoms. The van der Waals surface area contributed by atoms with Crippen LogP contribution in [-0.2, 0) is 6.61 Å². The summed E-state index contributed by atoms with van der Waals surface area (Å²) in [7, 11) is 0. The minimum absolute atomic E-state index is 0.106. The summed E-state index contributed by atoms with van der Waals surface area (Å²) in [4.78, 5) is 11.2. The van der Waals surface area contributed by atoms with Crippen LogP contribution in [0.5, 0.6) is 5.75 Å². The second-order valence-electron chi connectivity index (χ2n) is 4.08. The summed E-state index contributed by atoms with van der Waals surface area (Å²) in [5, 5.41) is 0.332. The molecule has 0 radical (unpaired) electrons. The first-order valence-electron chi connectivity index (χ1n) is 5.74. The van der Waals surface area contributed by atoms with E-state index >= 15 is 0 Å². The van der Waals surface area contributed by atoms with Crippen LogP contribution in [0.4, 0.5) is 4.39 Å². The van der Waals surface area contributed by atoms with Gasteiger partial charge in [-0.05, 0) is 31.2 Å². The highest BCUT2D eigenvalue weighted by molar-refractivity contribution is 6.34. The number of hydrogen-bond donors (Lipinski definition) is 0. The van der Waals surface area contributed by atoms with E-state index in [4.69, 9.17) is 16.3 Å². The van der Waals surface area contributed by atoms with Gasteiger partial charge in [-0.2, -0.15) is 0 Å². The maximum atomic E-state index is 13.4. The first-order chi connectivity index (χ1) is 9.08. The van der Waals surface area contributed by atoms with Crippen LogP contribution in [0.2, 0.25) is 5.02 Å². The maximum absolute atomic E-state index is 13.4. The van der Waals surface area contributed by atoms with Gasteiger partial charge in [-0.25, -0.2) is 4.39 Å². The van der Waals surface area contributed by atoms with E-state index < -0.39 is 0 Å². The Balaban J connectivity index is 2.11. The molecular weight excluding hydrogens is 267 g/mol. The third-order valence-corrected chi connectivity index (χ3v) is 2.98. The molecule has 0 unspecified atom stereocenters. The van der Waals surface area contributed by atoms with Crippen molar-refractivity contribution in [1.82, 2.24) is 0 Å². The van der Waals surface area contributed by atoms with Gasteiger partial charge in [-0.15, -0.1) is 0 Å². The smallest absolute Gasteiger partial charge is 0.161 e. The highest BCUT2D eigenvalue weighted by Gasteiger charge is 2.07.